The summed E-state index contributed by atoms with van der Waals surface area (Å²) < 4.78 is 0. The van der Waals surface area contributed by atoms with E-state index in [0.717, 1.165) is 18.5 Å². The smallest absolute Gasteiger partial charge is 0.0218 e. The van der Waals surface area contributed by atoms with Gasteiger partial charge in [0.15, 0.2) is 0 Å². The first-order valence-corrected chi connectivity index (χ1v) is 8.22. The number of rotatable bonds is 6. The molecule has 1 heterocycles. The van der Waals surface area contributed by atoms with Crippen LogP contribution < -0.4 is 5.32 Å². The monoisotopic (exact) mass is 274 g/mol. The molecule has 112 valence electrons. The molecule has 2 unspecified atom stereocenters. The Kier molecular flexibility index (Phi) is 6.06. The van der Waals surface area contributed by atoms with Crippen LogP contribution in [-0.4, -0.2) is 36.6 Å². The highest BCUT2D eigenvalue weighted by molar-refractivity contribution is 5.14. The third-order valence-electron chi connectivity index (χ3n) is 4.59. The molecule has 2 rings (SSSR count). The summed E-state index contributed by atoms with van der Waals surface area (Å²) in [6.07, 6.45) is 3.72. The number of piperazine rings is 1. The van der Waals surface area contributed by atoms with Crippen LogP contribution in [0.15, 0.2) is 30.3 Å². The first-order chi connectivity index (χ1) is 9.70. The van der Waals surface area contributed by atoms with Gasteiger partial charge in [0.25, 0.3) is 0 Å². The lowest BCUT2D eigenvalue weighted by Crippen LogP contribution is -2.58. The Balaban J connectivity index is 1.82. The minimum absolute atomic E-state index is 0.662. The zero-order valence-electron chi connectivity index (χ0n) is 13.3. The molecule has 0 radical (unpaired) electrons. The molecule has 2 nitrogen and oxygen atoms in total. The van der Waals surface area contributed by atoms with Crippen LogP contribution in [0.2, 0.25) is 0 Å². The van der Waals surface area contributed by atoms with Gasteiger partial charge in [-0.25, -0.2) is 0 Å². The first-order valence-electron chi connectivity index (χ1n) is 8.22. The summed E-state index contributed by atoms with van der Waals surface area (Å²) in [4.78, 5) is 2.71. The van der Waals surface area contributed by atoms with Crippen molar-refractivity contribution >= 4 is 0 Å². The molecule has 0 amide bonds. The van der Waals surface area contributed by atoms with Gasteiger partial charge in [-0.3, -0.25) is 4.90 Å². The van der Waals surface area contributed by atoms with Gasteiger partial charge in [-0.2, -0.15) is 0 Å². The summed E-state index contributed by atoms with van der Waals surface area (Å²) in [7, 11) is 0. The lowest BCUT2D eigenvalue weighted by atomic mass is 9.98. The summed E-state index contributed by atoms with van der Waals surface area (Å²) in [6.45, 7) is 10.6. The SMILES string of the molecule is CCC1CNC(C(C)C)CN1CCCc1ccccc1. The van der Waals surface area contributed by atoms with Crippen LogP contribution in [0.3, 0.4) is 0 Å². The number of hydrogen-bond donors (Lipinski definition) is 1. The fourth-order valence-electron chi connectivity index (χ4n) is 3.14. The average Bonchev–Trinajstić information content (AvgIpc) is 2.48. The average molecular weight is 274 g/mol. The minimum Gasteiger partial charge on any atom is -0.311 e. The van der Waals surface area contributed by atoms with Gasteiger partial charge in [-0.15, -0.1) is 0 Å². The molecule has 1 saturated heterocycles. The van der Waals surface area contributed by atoms with E-state index in [-0.39, 0.29) is 0 Å². The largest absolute Gasteiger partial charge is 0.311 e. The number of nitrogens with zero attached hydrogens (tertiary/aromatic N) is 1. The Labute approximate surface area is 124 Å². The van der Waals surface area contributed by atoms with Crippen molar-refractivity contribution < 1.29 is 0 Å². The van der Waals surface area contributed by atoms with E-state index < -0.39 is 0 Å². The van der Waals surface area contributed by atoms with Crippen molar-refractivity contribution in [2.75, 3.05) is 19.6 Å². The number of nitrogens with one attached hydrogen (secondary N) is 1. The van der Waals surface area contributed by atoms with Crippen molar-refractivity contribution in [1.82, 2.24) is 10.2 Å². The second-order valence-corrected chi connectivity index (χ2v) is 6.40. The van der Waals surface area contributed by atoms with Crippen LogP contribution in [-0.2, 0) is 6.42 Å². The maximum atomic E-state index is 3.72. The van der Waals surface area contributed by atoms with Crippen molar-refractivity contribution in [1.29, 1.82) is 0 Å². The molecular weight excluding hydrogens is 244 g/mol. The zero-order chi connectivity index (χ0) is 14.4. The van der Waals surface area contributed by atoms with Crippen LogP contribution in [0.25, 0.3) is 0 Å². The molecule has 0 bridgehead atoms. The molecule has 0 spiro atoms. The van der Waals surface area contributed by atoms with Gasteiger partial charge in [0, 0.05) is 25.2 Å². The van der Waals surface area contributed by atoms with E-state index in [9.17, 15) is 0 Å². The third kappa shape index (κ3) is 4.32. The molecule has 0 aliphatic carbocycles. The highest BCUT2D eigenvalue weighted by Gasteiger charge is 2.27. The molecule has 1 fully saturated rings. The van der Waals surface area contributed by atoms with E-state index in [4.69, 9.17) is 0 Å². The van der Waals surface area contributed by atoms with Crippen LogP contribution in [0.1, 0.15) is 39.2 Å². The molecular formula is C18H30N2. The van der Waals surface area contributed by atoms with Gasteiger partial charge in [-0.05, 0) is 37.3 Å². The molecule has 1 aliphatic heterocycles. The van der Waals surface area contributed by atoms with Gasteiger partial charge in [0.1, 0.15) is 0 Å². The van der Waals surface area contributed by atoms with E-state index in [0.29, 0.717) is 6.04 Å². The molecule has 0 saturated carbocycles. The van der Waals surface area contributed by atoms with E-state index in [1.165, 1.54) is 37.9 Å². The van der Waals surface area contributed by atoms with Gasteiger partial charge >= 0.3 is 0 Å². The van der Waals surface area contributed by atoms with Gasteiger partial charge < -0.3 is 5.32 Å². The standard InChI is InChI=1S/C18H30N2/c1-4-17-13-19-18(15(2)3)14-20(17)12-8-11-16-9-6-5-7-10-16/h5-7,9-10,15,17-19H,4,8,11-14H2,1-3H3. The normalized spacial score (nSPS) is 24.2. The van der Waals surface area contributed by atoms with Crippen molar-refractivity contribution in [3.05, 3.63) is 35.9 Å². The van der Waals surface area contributed by atoms with Crippen LogP contribution in [0.5, 0.6) is 0 Å². The second-order valence-electron chi connectivity index (χ2n) is 6.40. The fraction of sp³-hybridized carbons (Fsp3) is 0.667. The van der Waals surface area contributed by atoms with E-state index in [2.05, 4.69) is 61.3 Å². The van der Waals surface area contributed by atoms with Crippen LogP contribution >= 0.6 is 0 Å². The number of aryl methyl sites for hydroxylation is 1. The highest BCUT2D eigenvalue weighted by Crippen LogP contribution is 2.16. The summed E-state index contributed by atoms with van der Waals surface area (Å²) in [5.74, 6) is 0.726. The molecule has 1 aromatic rings. The molecule has 1 N–H and O–H groups in total. The Bertz CT molecular complexity index is 374. The third-order valence-corrected chi connectivity index (χ3v) is 4.59. The Hall–Kier alpha value is -0.860. The van der Waals surface area contributed by atoms with E-state index >= 15 is 0 Å². The van der Waals surface area contributed by atoms with Crippen molar-refractivity contribution in [3.8, 4) is 0 Å². The van der Waals surface area contributed by atoms with Crippen LogP contribution in [0, 0.1) is 5.92 Å². The predicted molar refractivity (Wildman–Crippen MR) is 87.0 cm³/mol. The molecule has 20 heavy (non-hydrogen) atoms. The summed E-state index contributed by atoms with van der Waals surface area (Å²) in [6, 6.07) is 12.3. The van der Waals surface area contributed by atoms with Crippen molar-refractivity contribution in [3.63, 3.8) is 0 Å². The maximum Gasteiger partial charge on any atom is 0.0218 e. The van der Waals surface area contributed by atoms with Gasteiger partial charge in [0.2, 0.25) is 0 Å². The fourth-order valence-corrected chi connectivity index (χ4v) is 3.14. The summed E-state index contributed by atoms with van der Waals surface area (Å²) in [5, 5.41) is 3.72. The van der Waals surface area contributed by atoms with Gasteiger partial charge in [0.05, 0.1) is 0 Å². The molecule has 1 aliphatic rings. The quantitative estimate of drug-likeness (QED) is 0.856. The maximum absolute atomic E-state index is 3.72. The zero-order valence-corrected chi connectivity index (χ0v) is 13.3. The lowest BCUT2D eigenvalue weighted by molar-refractivity contribution is 0.109. The summed E-state index contributed by atoms with van der Waals surface area (Å²) in [5.41, 5.74) is 1.47. The number of benzene rings is 1. The number of hydrogen-bond acceptors (Lipinski definition) is 2. The Morgan fingerprint density at radius 3 is 2.65 bits per heavy atom. The van der Waals surface area contributed by atoms with E-state index in [1.807, 2.05) is 0 Å². The molecule has 2 atom stereocenters. The highest BCUT2D eigenvalue weighted by atomic mass is 15.2. The first kappa shape index (κ1) is 15.5. The topological polar surface area (TPSA) is 15.3 Å². The van der Waals surface area contributed by atoms with Crippen LogP contribution in [0.4, 0.5) is 0 Å². The van der Waals surface area contributed by atoms with Crippen molar-refractivity contribution in [2.45, 2.75) is 52.1 Å². The molecule has 1 aromatic carbocycles. The molecule has 2 heteroatoms. The van der Waals surface area contributed by atoms with Gasteiger partial charge in [-0.1, -0.05) is 51.1 Å². The lowest BCUT2D eigenvalue weighted by Gasteiger charge is -2.41. The second kappa shape index (κ2) is 7.80. The van der Waals surface area contributed by atoms with E-state index in [1.54, 1.807) is 0 Å². The predicted octanol–water partition coefficient (Wildman–Crippen LogP) is 3.33. The molecule has 0 aromatic heterocycles. The summed E-state index contributed by atoms with van der Waals surface area (Å²) >= 11 is 0. The minimum atomic E-state index is 0.662. The Morgan fingerprint density at radius 2 is 2.00 bits per heavy atom. The Morgan fingerprint density at radius 1 is 1.25 bits per heavy atom. The van der Waals surface area contributed by atoms with Crippen molar-refractivity contribution in [2.24, 2.45) is 5.92 Å².